The van der Waals surface area contributed by atoms with Crippen LogP contribution in [0.2, 0.25) is 0 Å². The Bertz CT molecular complexity index is 861. The van der Waals surface area contributed by atoms with Crippen molar-refractivity contribution in [2.75, 3.05) is 27.2 Å². The molecule has 6 nitrogen and oxygen atoms in total. The molecule has 3 aromatic rings. The monoisotopic (exact) mass is 412 g/mol. The smallest absolute Gasteiger partial charge is 0.194 e. The lowest BCUT2D eigenvalue weighted by molar-refractivity contribution is 0.414. The zero-order valence-corrected chi connectivity index (χ0v) is 18.0. The van der Waals surface area contributed by atoms with Crippen molar-refractivity contribution in [2.24, 2.45) is 4.99 Å². The van der Waals surface area contributed by atoms with Crippen molar-refractivity contribution in [1.82, 2.24) is 15.2 Å². The van der Waals surface area contributed by atoms with Gasteiger partial charge >= 0.3 is 0 Å². The largest absolute Gasteiger partial charge is 0.497 e. The van der Waals surface area contributed by atoms with Crippen molar-refractivity contribution in [3.8, 4) is 5.75 Å². The molecule has 0 fully saturated rings. The molecule has 0 aliphatic carbocycles. The number of nitrogens with zero attached hydrogens (tertiary/aromatic N) is 3. The van der Waals surface area contributed by atoms with Crippen LogP contribution in [-0.4, -0.2) is 43.1 Å². The molecule has 0 aliphatic rings. The Morgan fingerprint density at radius 2 is 2.14 bits per heavy atom. The van der Waals surface area contributed by atoms with Gasteiger partial charge in [-0.15, -0.1) is 11.3 Å². The molecule has 0 aliphatic heterocycles. The molecular weight excluding hydrogens is 384 g/mol. The molecule has 0 amide bonds. The highest BCUT2D eigenvalue weighted by Gasteiger charge is 2.14. The van der Waals surface area contributed by atoms with Crippen LogP contribution in [0.3, 0.4) is 0 Å². The predicted molar refractivity (Wildman–Crippen MR) is 118 cm³/mol. The number of likely N-dealkylation sites (N-methyl/N-ethyl adjacent to an activating group) is 1. The third kappa shape index (κ3) is 6.35. The van der Waals surface area contributed by atoms with Gasteiger partial charge in [-0.3, -0.25) is 0 Å². The van der Waals surface area contributed by atoms with E-state index < -0.39 is 0 Å². The SMILES string of the molecule is COc1ccc(CN=C(NCCc2ccco2)N(C)CC(C)c2nccs2)cc1. The minimum Gasteiger partial charge on any atom is -0.497 e. The van der Waals surface area contributed by atoms with Crippen LogP contribution in [0.25, 0.3) is 0 Å². The zero-order chi connectivity index (χ0) is 20.5. The van der Waals surface area contributed by atoms with E-state index in [0.717, 1.165) is 47.6 Å². The van der Waals surface area contributed by atoms with Crippen LogP contribution in [0, 0.1) is 0 Å². The first-order valence-electron chi connectivity index (χ1n) is 9.70. The molecular formula is C22H28N4O2S. The summed E-state index contributed by atoms with van der Waals surface area (Å²) in [5.74, 6) is 3.02. The number of hydrogen-bond acceptors (Lipinski definition) is 5. The van der Waals surface area contributed by atoms with Crippen molar-refractivity contribution >= 4 is 17.3 Å². The molecule has 0 saturated carbocycles. The van der Waals surface area contributed by atoms with E-state index in [2.05, 4.69) is 29.2 Å². The van der Waals surface area contributed by atoms with Crippen LogP contribution < -0.4 is 10.1 Å². The Hall–Kier alpha value is -2.80. The predicted octanol–water partition coefficient (Wildman–Crippen LogP) is 4.17. The van der Waals surface area contributed by atoms with Crippen molar-refractivity contribution in [2.45, 2.75) is 25.8 Å². The number of nitrogens with one attached hydrogen (secondary N) is 1. The van der Waals surface area contributed by atoms with Gasteiger partial charge in [0, 0.05) is 44.1 Å². The second-order valence-electron chi connectivity index (χ2n) is 6.90. The van der Waals surface area contributed by atoms with Crippen LogP contribution in [0.15, 0.2) is 63.6 Å². The van der Waals surface area contributed by atoms with E-state index in [-0.39, 0.29) is 0 Å². The van der Waals surface area contributed by atoms with Crippen molar-refractivity contribution in [3.63, 3.8) is 0 Å². The summed E-state index contributed by atoms with van der Waals surface area (Å²) in [7, 11) is 3.74. The summed E-state index contributed by atoms with van der Waals surface area (Å²) in [4.78, 5) is 11.5. The lowest BCUT2D eigenvalue weighted by Crippen LogP contribution is -2.41. The molecule has 0 radical (unpaired) electrons. The van der Waals surface area contributed by atoms with Gasteiger partial charge in [0.05, 0.1) is 24.9 Å². The van der Waals surface area contributed by atoms with Gasteiger partial charge in [0.2, 0.25) is 0 Å². The lowest BCUT2D eigenvalue weighted by atomic mass is 10.2. The highest BCUT2D eigenvalue weighted by Crippen LogP contribution is 2.18. The molecule has 1 N–H and O–H groups in total. The van der Waals surface area contributed by atoms with Crippen LogP contribution in [0.1, 0.15) is 29.2 Å². The maximum atomic E-state index is 5.43. The first kappa shape index (κ1) is 20.9. The fourth-order valence-electron chi connectivity index (χ4n) is 3.01. The zero-order valence-electron chi connectivity index (χ0n) is 17.2. The van der Waals surface area contributed by atoms with Gasteiger partial charge in [-0.1, -0.05) is 19.1 Å². The van der Waals surface area contributed by atoms with E-state index in [1.165, 1.54) is 0 Å². The molecule has 0 bridgehead atoms. The third-order valence-corrected chi connectivity index (χ3v) is 5.59. The van der Waals surface area contributed by atoms with E-state index in [4.69, 9.17) is 14.1 Å². The summed E-state index contributed by atoms with van der Waals surface area (Å²) in [5, 5.41) is 6.64. The van der Waals surface area contributed by atoms with Crippen LogP contribution >= 0.6 is 11.3 Å². The normalized spacial score (nSPS) is 12.6. The Morgan fingerprint density at radius 1 is 1.31 bits per heavy atom. The van der Waals surface area contributed by atoms with Crippen molar-refractivity contribution in [3.05, 3.63) is 70.6 Å². The molecule has 2 aromatic heterocycles. The summed E-state index contributed by atoms with van der Waals surface area (Å²) in [6.07, 6.45) is 4.37. The maximum absolute atomic E-state index is 5.43. The van der Waals surface area contributed by atoms with Gasteiger partial charge in [0.1, 0.15) is 11.5 Å². The lowest BCUT2D eigenvalue weighted by Gasteiger charge is -2.25. The summed E-state index contributed by atoms with van der Waals surface area (Å²) in [5.41, 5.74) is 1.14. The molecule has 1 atom stereocenters. The van der Waals surface area contributed by atoms with E-state index in [1.807, 2.05) is 48.0 Å². The summed E-state index contributed by atoms with van der Waals surface area (Å²) in [6.45, 7) is 4.38. The number of furan rings is 1. The first-order valence-corrected chi connectivity index (χ1v) is 10.6. The van der Waals surface area contributed by atoms with Gasteiger partial charge in [0.15, 0.2) is 5.96 Å². The van der Waals surface area contributed by atoms with Crippen LogP contribution in [0.5, 0.6) is 5.75 Å². The molecule has 154 valence electrons. The Kier molecular flexibility index (Phi) is 7.69. The quantitative estimate of drug-likeness (QED) is 0.422. The molecule has 3 rings (SSSR count). The Balaban J connectivity index is 1.65. The molecule has 1 unspecified atom stereocenters. The molecule has 29 heavy (non-hydrogen) atoms. The summed E-state index contributed by atoms with van der Waals surface area (Å²) >= 11 is 1.69. The highest BCUT2D eigenvalue weighted by molar-refractivity contribution is 7.09. The fourth-order valence-corrected chi connectivity index (χ4v) is 3.70. The molecule has 7 heteroatoms. The van der Waals surface area contributed by atoms with E-state index in [0.29, 0.717) is 12.5 Å². The molecule has 0 saturated heterocycles. The van der Waals surface area contributed by atoms with E-state index in [1.54, 1.807) is 24.7 Å². The van der Waals surface area contributed by atoms with Crippen molar-refractivity contribution in [1.29, 1.82) is 0 Å². The number of hydrogen-bond donors (Lipinski definition) is 1. The minimum atomic E-state index is 0.332. The molecule has 2 heterocycles. The Labute approximate surface area is 176 Å². The Morgan fingerprint density at radius 3 is 2.79 bits per heavy atom. The number of methoxy groups -OCH3 is 1. The fraction of sp³-hybridized carbons (Fsp3) is 0.364. The third-order valence-electron chi connectivity index (χ3n) is 4.59. The van der Waals surface area contributed by atoms with E-state index in [9.17, 15) is 0 Å². The number of benzene rings is 1. The summed E-state index contributed by atoms with van der Waals surface area (Å²) in [6, 6.07) is 11.9. The van der Waals surface area contributed by atoms with Crippen LogP contribution in [-0.2, 0) is 13.0 Å². The van der Waals surface area contributed by atoms with Gasteiger partial charge in [-0.25, -0.2) is 9.98 Å². The molecule has 1 aromatic carbocycles. The average molecular weight is 413 g/mol. The van der Waals surface area contributed by atoms with Gasteiger partial charge in [0.25, 0.3) is 0 Å². The second kappa shape index (κ2) is 10.7. The van der Waals surface area contributed by atoms with E-state index >= 15 is 0 Å². The minimum absolute atomic E-state index is 0.332. The van der Waals surface area contributed by atoms with Crippen LogP contribution in [0.4, 0.5) is 0 Å². The highest BCUT2D eigenvalue weighted by atomic mass is 32.1. The maximum Gasteiger partial charge on any atom is 0.194 e. The topological polar surface area (TPSA) is 62.9 Å². The van der Waals surface area contributed by atoms with Gasteiger partial charge in [-0.05, 0) is 29.8 Å². The van der Waals surface area contributed by atoms with Gasteiger partial charge in [-0.2, -0.15) is 0 Å². The number of rotatable bonds is 9. The number of thiazole rings is 1. The molecule has 0 spiro atoms. The van der Waals surface area contributed by atoms with Crippen molar-refractivity contribution < 1.29 is 9.15 Å². The summed E-state index contributed by atoms with van der Waals surface area (Å²) < 4.78 is 10.7. The second-order valence-corrected chi connectivity index (χ2v) is 7.82. The first-order chi connectivity index (χ1) is 14.2. The van der Waals surface area contributed by atoms with Gasteiger partial charge < -0.3 is 19.4 Å². The number of aliphatic imine (C=N–C) groups is 1. The average Bonchev–Trinajstić information content (AvgIpc) is 3.45. The number of guanidine groups is 1. The number of aromatic nitrogens is 1. The number of ether oxygens (including phenoxy) is 1. The standard InChI is InChI=1S/C22H28N4O2S/c1-17(21-23-12-14-29-21)16-26(2)22(24-11-10-20-5-4-13-28-20)25-15-18-6-8-19(27-3)9-7-18/h4-9,12-14,17H,10-11,15-16H2,1-3H3,(H,24,25).